The second-order valence-corrected chi connectivity index (χ2v) is 12.8. The third-order valence-corrected chi connectivity index (χ3v) is 6.55. The Morgan fingerprint density at radius 1 is 0.905 bits per heavy atom. The summed E-state index contributed by atoms with van der Waals surface area (Å²) in [7, 11) is 5.28. The normalized spacial score (nSPS) is 14.1. The molecule has 10 nitrogen and oxygen atoms in total. The van der Waals surface area contributed by atoms with Crippen LogP contribution in [0.4, 0.5) is 0 Å². The number of benzene rings is 2. The summed E-state index contributed by atoms with van der Waals surface area (Å²) in [6, 6.07) is 12.7. The van der Waals surface area contributed by atoms with E-state index in [2.05, 4.69) is 16.0 Å². The molecule has 0 spiro atoms. The predicted octanol–water partition coefficient (Wildman–Crippen LogP) is 2.68. The van der Waals surface area contributed by atoms with Crippen LogP contribution in [0.2, 0.25) is 0 Å². The van der Waals surface area contributed by atoms with Crippen LogP contribution in [0, 0.1) is 11.3 Å². The molecule has 0 aromatic heterocycles. The largest absolute Gasteiger partial charge is 0.458 e. The summed E-state index contributed by atoms with van der Waals surface area (Å²) in [6.45, 7) is 11.2. The molecule has 42 heavy (non-hydrogen) atoms. The van der Waals surface area contributed by atoms with Gasteiger partial charge < -0.3 is 30.3 Å². The zero-order chi connectivity index (χ0) is 31.7. The van der Waals surface area contributed by atoms with Crippen LogP contribution in [0.5, 0.6) is 0 Å². The minimum absolute atomic E-state index is 0.105. The van der Waals surface area contributed by atoms with E-state index >= 15 is 0 Å². The monoisotopic (exact) mass is 584 g/mol. The van der Waals surface area contributed by atoms with Gasteiger partial charge in [0.25, 0.3) is 0 Å². The van der Waals surface area contributed by atoms with Crippen LogP contribution in [-0.4, -0.2) is 87.2 Å². The van der Waals surface area contributed by atoms with Crippen LogP contribution >= 0.6 is 0 Å². The van der Waals surface area contributed by atoms with Crippen LogP contribution in [-0.2, 0) is 35.1 Å². The first kappa shape index (κ1) is 34.7. The Hall–Kier alpha value is -3.50. The molecule has 1 unspecified atom stereocenters. The number of esters is 1. The SMILES string of the molecule is CNC(=O)[C@@H](NC(=O)C(Cc1ccc2ccccc2c1)[C@H](OCC(=O)NCCN(C)C)C(=O)OC(C)(C)C)C(C)(C)C. The molecule has 0 aliphatic heterocycles. The lowest BCUT2D eigenvalue weighted by Crippen LogP contribution is -2.56. The van der Waals surface area contributed by atoms with Crippen molar-refractivity contribution in [2.45, 2.75) is 65.7 Å². The molecule has 3 atom stereocenters. The van der Waals surface area contributed by atoms with E-state index < -0.39 is 53.5 Å². The Kier molecular flexibility index (Phi) is 12.5. The molecule has 0 saturated heterocycles. The van der Waals surface area contributed by atoms with E-state index in [0.29, 0.717) is 13.1 Å². The van der Waals surface area contributed by atoms with Gasteiger partial charge in [-0.3, -0.25) is 14.4 Å². The molecule has 2 aromatic rings. The first-order valence-corrected chi connectivity index (χ1v) is 14.3. The lowest BCUT2D eigenvalue weighted by atomic mass is 9.84. The highest BCUT2D eigenvalue weighted by atomic mass is 16.6. The van der Waals surface area contributed by atoms with Crippen molar-refractivity contribution >= 4 is 34.5 Å². The van der Waals surface area contributed by atoms with E-state index in [0.717, 1.165) is 16.3 Å². The number of carbonyl (C=O) groups excluding carboxylic acids is 4. The molecule has 232 valence electrons. The number of carbonyl (C=O) groups is 4. The van der Waals surface area contributed by atoms with Crippen molar-refractivity contribution < 1.29 is 28.7 Å². The van der Waals surface area contributed by atoms with Gasteiger partial charge in [-0.05, 0) is 63.0 Å². The van der Waals surface area contributed by atoms with Gasteiger partial charge >= 0.3 is 5.97 Å². The third-order valence-electron chi connectivity index (χ3n) is 6.55. The topological polar surface area (TPSA) is 126 Å². The number of nitrogens with zero attached hydrogens (tertiary/aromatic N) is 1. The van der Waals surface area contributed by atoms with Crippen molar-refractivity contribution in [2.75, 3.05) is 40.8 Å². The highest BCUT2D eigenvalue weighted by Crippen LogP contribution is 2.25. The van der Waals surface area contributed by atoms with Crippen molar-refractivity contribution in [3.05, 3.63) is 48.0 Å². The van der Waals surface area contributed by atoms with Gasteiger partial charge in [0.2, 0.25) is 17.7 Å². The standard InChI is InChI=1S/C32H48N4O6/c1-31(2,3)27(29(39)33-7)35-28(38)24(19-21-14-15-22-12-10-11-13-23(22)18-21)26(30(40)42-32(4,5)6)41-20-25(37)34-16-17-36(8)9/h10-15,18,24,26-27H,16-17,19-20H2,1-9H3,(H,33,39)(H,34,37)(H,35,38)/t24?,26-,27+/m0/s1. The molecule has 0 saturated carbocycles. The number of nitrogens with one attached hydrogen (secondary N) is 3. The van der Waals surface area contributed by atoms with Gasteiger partial charge in [0.1, 0.15) is 18.2 Å². The van der Waals surface area contributed by atoms with Crippen LogP contribution in [0.15, 0.2) is 42.5 Å². The van der Waals surface area contributed by atoms with Crippen LogP contribution in [0.1, 0.15) is 47.1 Å². The van der Waals surface area contributed by atoms with E-state index in [4.69, 9.17) is 9.47 Å². The highest BCUT2D eigenvalue weighted by Gasteiger charge is 2.41. The maximum atomic E-state index is 14.0. The van der Waals surface area contributed by atoms with Crippen LogP contribution < -0.4 is 16.0 Å². The minimum Gasteiger partial charge on any atom is -0.458 e. The number of amides is 3. The summed E-state index contributed by atoms with van der Waals surface area (Å²) in [6.07, 6.45) is -1.31. The average Bonchev–Trinajstić information content (AvgIpc) is 2.88. The Morgan fingerprint density at radius 3 is 2.12 bits per heavy atom. The fraction of sp³-hybridized carbons (Fsp3) is 0.562. The molecule has 10 heteroatoms. The fourth-order valence-electron chi connectivity index (χ4n) is 4.37. The predicted molar refractivity (Wildman–Crippen MR) is 164 cm³/mol. The highest BCUT2D eigenvalue weighted by molar-refractivity contribution is 5.92. The van der Waals surface area contributed by atoms with Gasteiger partial charge in [-0.2, -0.15) is 0 Å². The van der Waals surface area contributed by atoms with E-state index in [1.54, 1.807) is 20.8 Å². The summed E-state index contributed by atoms with van der Waals surface area (Å²) >= 11 is 0. The average molecular weight is 585 g/mol. The lowest BCUT2D eigenvalue weighted by Gasteiger charge is -2.33. The van der Waals surface area contributed by atoms with Crippen molar-refractivity contribution in [3.8, 4) is 0 Å². The molecule has 2 rings (SSSR count). The van der Waals surface area contributed by atoms with E-state index in [1.165, 1.54) is 7.05 Å². The summed E-state index contributed by atoms with van der Waals surface area (Å²) in [4.78, 5) is 54.9. The molecule has 3 amide bonds. The molecule has 0 aliphatic carbocycles. The van der Waals surface area contributed by atoms with Crippen molar-refractivity contribution in [1.82, 2.24) is 20.9 Å². The number of likely N-dealkylation sites (N-methyl/N-ethyl adjacent to an activating group) is 2. The van der Waals surface area contributed by atoms with Crippen molar-refractivity contribution in [2.24, 2.45) is 11.3 Å². The van der Waals surface area contributed by atoms with Crippen LogP contribution in [0.25, 0.3) is 10.8 Å². The fourth-order valence-corrected chi connectivity index (χ4v) is 4.37. The molecule has 0 heterocycles. The number of ether oxygens (including phenoxy) is 2. The van der Waals surface area contributed by atoms with Crippen molar-refractivity contribution in [1.29, 1.82) is 0 Å². The van der Waals surface area contributed by atoms with Gasteiger partial charge in [-0.25, -0.2) is 4.79 Å². The van der Waals surface area contributed by atoms with Gasteiger partial charge in [-0.15, -0.1) is 0 Å². The summed E-state index contributed by atoms with van der Waals surface area (Å²) in [5.74, 6) is -3.22. The second-order valence-electron chi connectivity index (χ2n) is 12.8. The molecule has 3 N–H and O–H groups in total. The molecule has 0 radical (unpaired) electrons. The van der Waals surface area contributed by atoms with Gasteiger partial charge in [-0.1, -0.05) is 63.2 Å². The maximum Gasteiger partial charge on any atom is 0.336 e. The first-order chi connectivity index (χ1) is 19.5. The van der Waals surface area contributed by atoms with Gasteiger partial charge in [0.15, 0.2) is 6.10 Å². The molecule has 0 fully saturated rings. The number of hydrogen-bond acceptors (Lipinski definition) is 7. The Bertz CT molecular complexity index is 1230. The number of fused-ring (bicyclic) bond motifs is 1. The van der Waals surface area contributed by atoms with Crippen LogP contribution in [0.3, 0.4) is 0 Å². The summed E-state index contributed by atoms with van der Waals surface area (Å²) in [5, 5.41) is 10.2. The second kappa shape index (κ2) is 15.1. The van der Waals surface area contributed by atoms with Gasteiger partial charge in [0, 0.05) is 20.1 Å². The van der Waals surface area contributed by atoms with Gasteiger partial charge in [0.05, 0.1) is 5.92 Å². The summed E-state index contributed by atoms with van der Waals surface area (Å²) < 4.78 is 11.6. The summed E-state index contributed by atoms with van der Waals surface area (Å²) in [5.41, 5.74) is -0.710. The quantitative estimate of drug-likeness (QED) is 0.309. The van der Waals surface area contributed by atoms with Crippen molar-refractivity contribution in [3.63, 3.8) is 0 Å². The molecular weight excluding hydrogens is 536 g/mol. The third kappa shape index (κ3) is 11.1. The van der Waals surface area contributed by atoms with E-state index in [1.807, 2.05) is 82.2 Å². The Balaban J connectivity index is 2.49. The molecule has 0 bridgehead atoms. The molecule has 0 aliphatic rings. The molecular formula is C32H48N4O6. The van der Waals surface area contributed by atoms with E-state index in [9.17, 15) is 19.2 Å². The minimum atomic E-state index is -1.42. The Labute approximate surface area is 249 Å². The zero-order valence-corrected chi connectivity index (χ0v) is 26.5. The number of hydrogen-bond donors (Lipinski definition) is 3. The first-order valence-electron chi connectivity index (χ1n) is 14.3. The smallest absolute Gasteiger partial charge is 0.336 e. The zero-order valence-electron chi connectivity index (χ0n) is 26.5. The lowest BCUT2D eigenvalue weighted by molar-refractivity contribution is -0.175. The van der Waals surface area contributed by atoms with E-state index in [-0.39, 0.29) is 12.3 Å². The Morgan fingerprint density at radius 2 is 1.55 bits per heavy atom. The molecule has 2 aromatic carbocycles. The maximum absolute atomic E-state index is 14.0. The number of rotatable bonds is 13.